The van der Waals surface area contributed by atoms with E-state index in [2.05, 4.69) is 21.2 Å². The molecule has 0 aliphatic heterocycles. The maximum absolute atomic E-state index is 11.7. The Morgan fingerprint density at radius 3 is 2.79 bits per heavy atom. The highest BCUT2D eigenvalue weighted by atomic mass is 79.9. The summed E-state index contributed by atoms with van der Waals surface area (Å²) in [5.74, 6) is -1.19. The number of carboxylic acids is 1. The molecule has 1 aromatic carbocycles. The van der Waals surface area contributed by atoms with Gasteiger partial charge in [0.1, 0.15) is 0 Å². The highest BCUT2D eigenvalue weighted by Crippen LogP contribution is 2.24. The van der Waals surface area contributed by atoms with Gasteiger partial charge in [-0.15, -0.1) is 0 Å². The number of nitrogens with one attached hydrogen (secondary N) is 1. The molecule has 0 bridgehead atoms. The smallest absolute Gasteiger partial charge is 0.335 e. The minimum Gasteiger partial charge on any atom is -0.478 e. The van der Waals surface area contributed by atoms with Gasteiger partial charge in [-0.05, 0) is 47.5 Å². The lowest BCUT2D eigenvalue weighted by molar-refractivity contribution is -0.116. The Labute approximate surface area is 120 Å². The van der Waals surface area contributed by atoms with E-state index in [1.165, 1.54) is 12.1 Å². The molecule has 0 radical (unpaired) electrons. The Morgan fingerprint density at radius 1 is 1.42 bits per heavy atom. The fraction of sp³-hybridized carbons (Fsp3) is 0.385. The predicted octanol–water partition coefficient (Wildman–Crippen LogP) is 2.90. The largest absolute Gasteiger partial charge is 0.478 e. The Morgan fingerprint density at radius 2 is 2.16 bits per heavy atom. The SMILES string of the molecule is CCOCCCC(=O)Nc1cc(C(=O)O)ccc1Br. The van der Waals surface area contributed by atoms with Gasteiger partial charge in [-0.1, -0.05) is 0 Å². The minimum atomic E-state index is -1.03. The first-order chi connectivity index (χ1) is 9.04. The van der Waals surface area contributed by atoms with E-state index in [0.29, 0.717) is 36.2 Å². The van der Waals surface area contributed by atoms with Gasteiger partial charge in [-0.3, -0.25) is 4.79 Å². The summed E-state index contributed by atoms with van der Waals surface area (Å²) in [7, 11) is 0. The summed E-state index contributed by atoms with van der Waals surface area (Å²) >= 11 is 3.27. The zero-order chi connectivity index (χ0) is 14.3. The summed E-state index contributed by atoms with van der Waals surface area (Å²) in [5, 5.41) is 11.6. The molecule has 0 aromatic heterocycles. The third kappa shape index (κ3) is 5.40. The Balaban J connectivity index is 2.58. The number of halogens is 1. The van der Waals surface area contributed by atoms with E-state index in [4.69, 9.17) is 9.84 Å². The summed E-state index contributed by atoms with van der Waals surface area (Å²) in [6, 6.07) is 4.49. The van der Waals surface area contributed by atoms with Gasteiger partial charge >= 0.3 is 5.97 Å². The van der Waals surface area contributed by atoms with Crippen molar-refractivity contribution < 1.29 is 19.4 Å². The fourth-order valence-electron chi connectivity index (χ4n) is 1.45. The van der Waals surface area contributed by atoms with E-state index in [0.717, 1.165) is 0 Å². The second-order valence-corrected chi connectivity index (χ2v) is 4.70. The van der Waals surface area contributed by atoms with Crippen LogP contribution in [0.5, 0.6) is 0 Å². The number of hydrogen-bond acceptors (Lipinski definition) is 3. The van der Waals surface area contributed by atoms with E-state index in [9.17, 15) is 9.59 Å². The van der Waals surface area contributed by atoms with Crippen molar-refractivity contribution >= 4 is 33.5 Å². The van der Waals surface area contributed by atoms with Crippen LogP contribution in [0.3, 0.4) is 0 Å². The lowest BCUT2D eigenvalue weighted by Crippen LogP contribution is -2.13. The molecular weight excluding hydrogens is 314 g/mol. The molecule has 0 spiro atoms. The normalized spacial score (nSPS) is 10.2. The molecule has 0 fully saturated rings. The second kappa shape index (κ2) is 7.91. The van der Waals surface area contributed by atoms with Gasteiger partial charge in [-0.2, -0.15) is 0 Å². The molecule has 0 atom stereocenters. The van der Waals surface area contributed by atoms with E-state index in [1.54, 1.807) is 6.07 Å². The first-order valence-corrected chi connectivity index (χ1v) is 6.74. The maximum Gasteiger partial charge on any atom is 0.335 e. The van der Waals surface area contributed by atoms with Gasteiger partial charge < -0.3 is 15.2 Å². The van der Waals surface area contributed by atoms with Crippen LogP contribution in [0.25, 0.3) is 0 Å². The number of carbonyl (C=O) groups excluding carboxylic acids is 1. The molecule has 19 heavy (non-hydrogen) atoms. The molecule has 104 valence electrons. The van der Waals surface area contributed by atoms with Gasteiger partial charge in [0.2, 0.25) is 5.91 Å². The predicted molar refractivity (Wildman–Crippen MR) is 75.5 cm³/mol. The van der Waals surface area contributed by atoms with Crippen LogP contribution in [0.15, 0.2) is 22.7 Å². The topological polar surface area (TPSA) is 75.6 Å². The van der Waals surface area contributed by atoms with Crippen LogP contribution in [0.2, 0.25) is 0 Å². The molecular formula is C13H16BrNO4. The van der Waals surface area contributed by atoms with Gasteiger partial charge in [0.25, 0.3) is 0 Å². The van der Waals surface area contributed by atoms with Crippen molar-refractivity contribution in [3.63, 3.8) is 0 Å². The summed E-state index contributed by atoms with van der Waals surface area (Å²) in [6.45, 7) is 3.07. The third-order valence-corrected chi connectivity index (χ3v) is 3.08. The summed E-state index contributed by atoms with van der Waals surface area (Å²) < 4.78 is 5.79. The molecule has 5 nitrogen and oxygen atoms in total. The van der Waals surface area contributed by atoms with Gasteiger partial charge in [0, 0.05) is 24.1 Å². The maximum atomic E-state index is 11.7. The fourth-order valence-corrected chi connectivity index (χ4v) is 1.79. The van der Waals surface area contributed by atoms with Crippen LogP contribution in [0.1, 0.15) is 30.1 Å². The lowest BCUT2D eigenvalue weighted by atomic mass is 10.2. The number of anilines is 1. The van der Waals surface area contributed by atoms with E-state index >= 15 is 0 Å². The van der Waals surface area contributed by atoms with Crippen molar-refractivity contribution in [2.75, 3.05) is 18.5 Å². The molecule has 0 saturated heterocycles. The van der Waals surface area contributed by atoms with Gasteiger partial charge in [-0.25, -0.2) is 4.79 Å². The van der Waals surface area contributed by atoms with Crippen LogP contribution in [0, 0.1) is 0 Å². The second-order valence-electron chi connectivity index (χ2n) is 3.85. The van der Waals surface area contributed by atoms with Crippen molar-refractivity contribution in [3.05, 3.63) is 28.2 Å². The Hall–Kier alpha value is -1.40. The number of carbonyl (C=O) groups is 2. The molecule has 0 aliphatic carbocycles. The molecule has 0 aliphatic rings. The summed E-state index contributed by atoms with van der Waals surface area (Å²) in [6.07, 6.45) is 0.972. The standard InChI is InChI=1S/C13H16BrNO4/c1-2-19-7-3-4-12(16)15-11-8-9(13(17)18)5-6-10(11)14/h5-6,8H,2-4,7H2,1H3,(H,15,16)(H,17,18). The highest BCUT2D eigenvalue weighted by molar-refractivity contribution is 9.10. The molecule has 0 unspecified atom stereocenters. The Bertz CT molecular complexity index is 462. The number of carboxylic acid groups (broad SMARTS) is 1. The number of rotatable bonds is 7. The van der Waals surface area contributed by atoms with E-state index in [-0.39, 0.29) is 11.5 Å². The molecule has 2 N–H and O–H groups in total. The number of benzene rings is 1. The zero-order valence-electron chi connectivity index (χ0n) is 10.6. The van der Waals surface area contributed by atoms with Crippen LogP contribution in [0.4, 0.5) is 5.69 Å². The van der Waals surface area contributed by atoms with Crippen LogP contribution >= 0.6 is 15.9 Å². The molecule has 0 saturated carbocycles. The quantitative estimate of drug-likeness (QED) is 0.754. The number of hydrogen-bond donors (Lipinski definition) is 2. The number of ether oxygens (including phenoxy) is 1. The molecule has 1 rings (SSSR count). The van der Waals surface area contributed by atoms with Crippen molar-refractivity contribution in [2.45, 2.75) is 19.8 Å². The molecule has 0 heterocycles. The third-order valence-electron chi connectivity index (χ3n) is 2.38. The Kier molecular flexibility index (Phi) is 6.52. The van der Waals surface area contributed by atoms with Gasteiger partial charge in [0.05, 0.1) is 11.3 Å². The van der Waals surface area contributed by atoms with Gasteiger partial charge in [0.15, 0.2) is 0 Å². The summed E-state index contributed by atoms with van der Waals surface area (Å²) in [5.41, 5.74) is 0.592. The van der Waals surface area contributed by atoms with Crippen LogP contribution < -0.4 is 5.32 Å². The zero-order valence-corrected chi connectivity index (χ0v) is 12.2. The highest BCUT2D eigenvalue weighted by Gasteiger charge is 2.09. The number of amides is 1. The van der Waals surface area contributed by atoms with Crippen molar-refractivity contribution in [1.29, 1.82) is 0 Å². The molecule has 1 aromatic rings. The first kappa shape index (κ1) is 15.7. The molecule has 1 amide bonds. The summed E-state index contributed by atoms with van der Waals surface area (Å²) in [4.78, 5) is 22.5. The van der Waals surface area contributed by atoms with Crippen molar-refractivity contribution in [2.24, 2.45) is 0 Å². The van der Waals surface area contributed by atoms with E-state index in [1.807, 2.05) is 6.92 Å². The van der Waals surface area contributed by atoms with E-state index < -0.39 is 5.97 Å². The van der Waals surface area contributed by atoms with Crippen molar-refractivity contribution in [1.82, 2.24) is 0 Å². The van der Waals surface area contributed by atoms with Crippen molar-refractivity contribution in [3.8, 4) is 0 Å². The monoisotopic (exact) mass is 329 g/mol. The number of aromatic carboxylic acids is 1. The first-order valence-electron chi connectivity index (χ1n) is 5.95. The van der Waals surface area contributed by atoms with Crippen LogP contribution in [-0.4, -0.2) is 30.2 Å². The van der Waals surface area contributed by atoms with Crippen LogP contribution in [-0.2, 0) is 9.53 Å². The molecule has 6 heteroatoms. The average Bonchev–Trinajstić information content (AvgIpc) is 2.37. The minimum absolute atomic E-state index is 0.132. The lowest BCUT2D eigenvalue weighted by Gasteiger charge is -2.08. The average molecular weight is 330 g/mol.